The minimum Gasteiger partial charge on any atom is -0.481 e. The summed E-state index contributed by atoms with van der Waals surface area (Å²) in [5, 5.41) is 12.2. The van der Waals surface area contributed by atoms with Gasteiger partial charge in [-0.1, -0.05) is 0 Å². The number of nitrogens with one attached hydrogen (secondary N) is 1. The molecule has 0 unspecified atom stereocenters. The van der Waals surface area contributed by atoms with E-state index in [2.05, 4.69) is 5.32 Å². The maximum Gasteiger partial charge on any atom is 0.318 e. The van der Waals surface area contributed by atoms with Crippen molar-refractivity contribution in [3.05, 3.63) is 0 Å². The van der Waals surface area contributed by atoms with Crippen LogP contribution in [0.3, 0.4) is 0 Å². The standard InChI is InChI=1S/C14H26N2O3/c1-12(2)8-7-9-16(12)11(19)15-14(5,6)13(3,4)10(17)18/h7-9H2,1-6H3,(H,15,19)(H,17,18). The van der Waals surface area contributed by atoms with Gasteiger partial charge in [0.2, 0.25) is 0 Å². The molecular formula is C14H26N2O3. The van der Waals surface area contributed by atoms with Crippen LogP contribution >= 0.6 is 0 Å². The molecule has 0 atom stereocenters. The molecule has 1 aliphatic rings. The van der Waals surface area contributed by atoms with Crippen molar-refractivity contribution in [1.29, 1.82) is 0 Å². The maximum absolute atomic E-state index is 12.4. The van der Waals surface area contributed by atoms with Crippen LogP contribution in [0.5, 0.6) is 0 Å². The van der Waals surface area contributed by atoms with Gasteiger partial charge in [-0.05, 0) is 54.4 Å². The van der Waals surface area contributed by atoms with E-state index in [1.54, 1.807) is 32.6 Å². The van der Waals surface area contributed by atoms with E-state index >= 15 is 0 Å². The first-order valence-electron chi connectivity index (χ1n) is 6.75. The Morgan fingerprint density at radius 1 is 1.21 bits per heavy atom. The summed E-state index contributed by atoms with van der Waals surface area (Å²) in [6.07, 6.45) is 1.96. The van der Waals surface area contributed by atoms with E-state index in [4.69, 9.17) is 0 Å². The van der Waals surface area contributed by atoms with Crippen LogP contribution in [0.1, 0.15) is 54.4 Å². The van der Waals surface area contributed by atoms with Crippen LogP contribution in [0.25, 0.3) is 0 Å². The Morgan fingerprint density at radius 3 is 2.11 bits per heavy atom. The molecule has 1 rings (SSSR count). The number of hydrogen-bond acceptors (Lipinski definition) is 2. The minimum atomic E-state index is -1.04. The highest BCUT2D eigenvalue weighted by atomic mass is 16.4. The summed E-state index contributed by atoms with van der Waals surface area (Å²) in [7, 11) is 0. The van der Waals surface area contributed by atoms with Gasteiger partial charge in [-0.2, -0.15) is 0 Å². The highest BCUT2D eigenvalue weighted by molar-refractivity contribution is 5.80. The van der Waals surface area contributed by atoms with Gasteiger partial charge in [0.25, 0.3) is 0 Å². The zero-order valence-electron chi connectivity index (χ0n) is 12.8. The largest absolute Gasteiger partial charge is 0.481 e. The quantitative estimate of drug-likeness (QED) is 0.827. The number of nitrogens with zero attached hydrogens (tertiary/aromatic N) is 1. The average molecular weight is 270 g/mol. The van der Waals surface area contributed by atoms with Gasteiger partial charge in [0.1, 0.15) is 0 Å². The fourth-order valence-electron chi connectivity index (χ4n) is 2.24. The second-order valence-corrected chi connectivity index (χ2v) is 7.05. The fraction of sp³-hybridized carbons (Fsp3) is 0.857. The second-order valence-electron chi connectivity index (χ2n) is 7.05. The minimum absolute atomic E-state index is 0.159. The van der Waals surface area contributed by atoms with E-state index in [0.29, 0.717) is 0 Å². The molecule has 5 heteroatoms. The molecule has 5 nitrogen and oxygen atoms in total. The lowest BCUT2D eigenvalue weighted by Crippen LogP contribution is -2.61. The van der Waals surface area contributed by atoms with Crippen molar-refractivity contribution in [2.24, 2.45) is 5.41 Å². The molecule has 2 amide bonds. The fourth-order valence-corrected chi connectivity index (χ4v) is 2.24. The van der Waals surface area contributed by atoms with Crippen molar-refractivity contribution in [1.82, 2.24) is 10.2 Å². The first-order chi connectivity index (χ1) is 8.42. The summed E-state index contributed by atoms with van der Waals surface area (Å²) in [5.41, 5.74) is -2.02. The van der Waals surface area contributed by atoms with Crippen LogP contribution in [0, 0.1) is 5.41 Å². The molecule has 1 aliphatic heterocycles. The number of likely N-dealkylation sites (tertiary alicyclic amines) is 1. The Balaban J connectivity index is 2.84. The summed E-state index contributed by atoms with van der Waals surface area (Å²) >= 11 is 0. The monoisotopic (exact) mass is 270 g/mol. The summed E-state index contributed by atoms with van der Waals surface area (Å²) in [6, 6.07) is -0.179. The number of carboxylic acid groups (broad SMARTS) is 1. The van der Waals surface area contributed by atoms with Gasteiger partial charge >= 0.3 is 12.0 Å². The molecule has 0 aromatic carbocycles. The predicted octanol–water partition coefficient (Wildman–Crippen LogP) is 2.46. The predicted molar refractivity (Wildman–Crippen MR) is 74.0 cm³/mol. The van der Waals surface area contributed by atoms with Crippen LogP contribution in [-0.2, 0) is 4.79 Å². The molecule has 0 saturated carbocycles. The molecule has 0 aliphatic carbocycles. The number of aliphatic carboxylic acids is 1. The van der Waals surface area contributed by atoms with Gasteiger partial charge in [0, 0.05) is 12.1 Å². The van der Waals surface area contributed by atoms with Crippen LogP contribution < -0.4 is 5.32 Å². The number of rotatable bonds is 3. The number of carbonyl (C=O) groups excluding carboxylic acids is 1. The SMILES string of the molecule is CC1(C)CCCN1C(=O)NC(C)(C)C(C)(C)C(=O)O. The van der Waals surface area contributed by atoms with E-state index in [0.717, 1.165) is 19.4 Å². The molecule has 2 N–H and O–H groups in total. The molecule has 0 bridgehead atoms. The number of hydrogen-bond donors (Lipinski definition) is 2. The van der Waals surface area contributed by atoms with E-state index in [9.17, 15) is 14.7 Å². The maximum atomic E-state index is 12.4. The first kappa shape index (κ1) is 15.8. The van der Waals surface area contributed by atoms with E-state index < -0.39 is 16.9 Å². The van der Waals surface area contributed by atoms with Crippen molar-refractivity contribution >= 4 is 12.0 Å². The molecule has 19 heavy (non-hydrogen) atoms. The van der Waals surface area contributed by atoms with Gasteiger partial charge in [0.15, 0.2) is 0 Å². The first-order valence-corrected chi connectivity index (χ1v) is 6.75. The highest BCUT2D eigenvalue weighted by Crippen LogP contribution is 2.33. The Labute approximate surface area is 115 Å². The molecule has 110 valence electrons. The van der Waals surface area contributed by atoms with Gasteiger partial charge in [0.05, 0.1) is 11.0 Å². The van der Waals surface area contributed by atoms with Gasteiger partial charge < -0.3 is 15.3 Å². The average Bonchev–Trinajstić information content (AvgIpc) is 2.56. The van der Waals surface area contributed by atoms with E-state index in [1.165, 1.54) is 0 Å². The van der Waals surface area contributed by atoms with Crippen molar-refractivity contribution < 1.29 is 14.7 Å². The van der Waals surface area contributed by atoms with Gasteiger partial charge in [-0.15, -0.1) is 0 Å². The zero-order valence-corrected chi connectivity index (χ0v) is 12.8. The Bertz CT molecular complexity index is 386. The number of urea groups is 1. The van der Waals surface area contributed by atoms with Crippen molar-refractivity contribution in [3.63, 3.8) is 0 Å². The van der Waals surface area contributed by atoms with E-state index in [-0.39, 0.29) is 11.6 Å². The Morgan fingerprint density at radius 2 is 1.74 bits per heavy atom. The van der Waals surface area contributed by atoms with Gasteiger partial charge in [-0.3, -0.25) is 4.79 Å². The molecule has 0 spiro atoms. The molecule has 0 aromatic heterocycles. The number of carboxylic acids is 1. The smallest absolute Gasteiger partial charge is 0.318 e. The molecule has 1 saturated heterocycles. The lowest BCUT2D eigenvalue weighted by Gasteiger charge is -2.41. The van der Waals surface area contributed by atoms with Crippen molar-refractivity contribution in [3.8, 4) is 0 Å². The third kappa shape index (κ3) is 2.85. The van der Waals surface area contributed by atoms with Crippen LogP contribution in [0.4, 0.5) is 4.79 Å². The third-order valence-electron chi connectivity index (χ3n) is 4.66. The Kier molecular flexibility index (Phi) is 3.90. The third-order valence-corrected chi connectivity index (χ3v) is 4.66. The lowest BCUT2D eigenvalue weighted by molar-refractivity contribution is -0.150. The Hall–Kier alpha value is -1.26. The summed E-state index contributed by atoms with van der Waals surface area (Å²) in [6.45, 7) is 11.6. The summed E-state index contributed by atoms with van der Waals surface area (Å²) in [4.78, 5) is 25.5. The summed E-state index contributed by atoms with van der Waals surface area (Å²) < 4.78 is 0. The van der Waals surface area contributed by atoms with Crippen LogP contribution in [0.2, 0.25) is 0 Å². The van der Waals surface area contributed by atoms with Gasteiger partial charge in [-0.25, -0.2) is 4.79 Å². The zero-order chi connectivity index (χ0) is 15.1. The number of amides is 2. The summed E-state index contributed by atoms with van der Waals surface area (Å²) in [5.74, 6) is -0.918. The van der Waals surface area contributed by atoms with E-state index in [1.807, 2.05) is 13.8 Å². The molecule has 0 radical (unpaired) electrons. The topological polar surface area (TPSA) is 69.6 Å². The molecule has 1 fully saturated rings. The van der Waals surface area contributed by atoms with Crippen LogP contribution in [-0.4, -0.2) is 39.6 Å². The lowest BCUT2D eigenvalue weighted by atomic mass is 9.74. The molecule has 1 heterocycles. The highest BCUT2D eigenvalue weighted by Gasteiger charge is 2.46. The molecular weight excluding hydrogens is 244 g/mol. The van der Waals surface area contributed by atoms with Crippen molar-refractivity contribution in [2.75, 3.05) is 6.54 Å². The number of carbonyl (C=O) groups is 2. The van der Waals surface area contributed by atoms with Crippen LogP contribution in [0.15, 0.2) is 0 Å². The normalized spacial score (nSPS) is 19.4. The molecule has 0 aromatic rings. The van der Waals surface area contributed by atoms with Crippen molar-refractivity contribution in [2.45, 2.75) is 65.5 Å². The second kappa shape index (κ2) is 4.69.